The molecule has 0 saturated carbocycles. The van der Waals surface area contributed by atoms with Crippen LogP contribution in [0.15, 0.2) is 24.3 Å². The molecule has 25 heavy (non-hydrogen) atoms. The summed E-state index contributed by atoms with van der Waals surface area (Å²) >= 11 is 0. The van der Waals surface area contributed by atoms with Crippen LogP contribution in [0.25, 0.3) is 0 Å². The number of rotatable bonds is 7. The van der Waals surface area contributed by atoms with E-state index in [2.05, 4.69) is 10.1 Å². The number of hydrogen-bond acceptors (Lipinski definition) is 4. The Morgan fingerprint density at radius 3 is 2.32 bits per heavy atom. The van der Waals surface area contributed by atoms with E-state index in [0.29, 0.717) is 23.3 Å². The summed E-state index contributed by atoms with van der Waals surface area (Å²) in [6.07, 6.45) is 2.53. The van der Waals surface area contributed by atoms with Crippen molar-refractivity contribution < 1.29 is 23.5 Å². The lowest BCUT2D eigenvalue weighted by molar-refractivity contribution is -0.135. The fourth-order valence-electron chi connectivity index (χ4n) is 2.24. The summed E-state index contributed by atoms with van der Waals surface area (Å²) in [4.78, 5) is 23.7. The molecule has 0 saturated heterocycles. The topological polar surface area (TPSA) is 64.6 Å². The monoisotopic (exact) mass is 351 g/mol. The van der Waals surface area contributed by atoms with Gasteiger partial charge in [-0.2, -0.15) is 0 Å². The van der Waals surface area contributed by atoms with Gasteiger partial charge in [-0.1, -0.05) is 13.0 Å². The summed E-state index contributed by atoms with van der Waals surface area (Å²) in [7, 11) is 1.28. The lowest BCUT2D eigenvalue weighted by atomic mass is 10.0. The molecule has 0 aliphatic heterocycles. The van der Waals surface area contributed by atoms with Gasteiger partial charge in [-0.25, -0.2) is 9.18 Å². The van der Waals surface area contributed by atoms with Crippen molar-refractivity contribution in [1.82, 2.24) is 5.32 Å². The van der Waals surface area contributed by atoms with Gasteiger partial charge in [-0.15, -0.1) is 0 Å². The first-order chi connectivity index (χ1) is 11.6. The molecule has 6 heteroatoms. The second-order valence-electron chi connectivity index (χ2n) is 6.45. The van der Waals surface area contributed by atoms with Gasteiger partial charge in [0, 0.05) is 6.08 Å². The van der Waals surface area contributed by atoms with Gasteiger partial charge in [-0.05, 0) is 57.4 Å². The molecular formula is C19H26FNO4. The smallest absolute Gasteiger partial charge is 0.330 e. The number of halogens is 1. The minimum absolute atomic E-state index is 0.279. The summed E-state index contributed by atoms with van der Waals surface area (Å²) in [5, 5.41) is 2.82. The number of hydrogen-bond donors (Lipinski definition) is 1. The number of amides is 1. The zero-order chi connectivity index (χ0) is 19.2. The molecule has 1 aromatic carbocycles. The molecular weight excluding hydrogens is 325 g/mol. The molecule has 1 N–H and O–H groups in total. The van der Waals surface area contributed by atoms with E-state index in [1.165, 1.54) is 13.2 Å². The van der Waals surface area contributed by atoms with Gasteiger partial charge in [-0.3, -0.25) is 4.79 Å². The van der Waals surface area contributed by atoms with Gasteiger partial charge in [0.05, 0.1) is 12.6 Å². The number of carbonyl (C=O) groups is 2. The first-order valence-electron chi connectivity index (χ1n) is 8.12. The van der Waals surface area contributed by atoms with Crippen molar-refractivity contribution >= 4 is 11.9 Å². The second kappa shape index (κ2) is 8.65. The van der Waals surface area contributed by atoms with Crippen LogP contribution < -0.4 is 10.1 Å². The number of carbonyl (C=O) groups excluding carboxylic acids is 2. The lowest BCUT2D eigenvalue weighted by Crippen LogP contribution is -2.48. The highest BCUT2D eigenvalue weighted by atomic mass is 19.1. The van der Waals surface area contributed by atoms with Gasteiger partial charge >= 0.3 is 5.97 Å². The van der Waals surface area contributed by atoms with Crippen LogP contribution in [0.4, 0.5) is 4.39 Å². The summed E-state index contributed by atoms with van der Waals surface area (Å²) in [5.74, 6) is -0.648. The molecule has 0 aliphatic rings. The number of aryl methyl sites for hydroxylation is 2. The molecule has 5 nitrogen and oxygen atoms in total. The summed E-state index contributed by atoms with van der Waals surface area (Å²) in [6, 6.07) is 3.14. The fourth-order valence-corrected chi connectivity index (χ4v) is 2.24. The minimum atomic E-state index is -0.753. The van der Waals surface area contributed by atoms with Crippen molar-refractivity contribution in [2.75, 3.05) is 7.11 Å². The number of ether oxygens (including phenoxy) is 2. The van der Waals surface area contributed by atoms with E-state index in [4.69, 9.17) is 4.74 Å². The van der Waals surface area contributed by atoms with Crippen LogP contribution in [0.3, 0.4) is 0 Å². The van der Waals surface area contributed by atoms with E-state index in [9.17, 15) is 14.0 Å². The van der Waals surface area contributed by atoms with Gasteiger partial charge in [0.1, 0.15) is 11.6 Å². The molecule has 0 radical (unpaired) electrons. The van der Waals surface area contributed by atoms with Crippen LogP contribution in [0.1, 0.15) is 38.3 Å². The second-order valence-corrected chi connectivity index (χ2v) is 6.45. The van der Waals surface area contributed by atoms with E-state index < -0.39 is 17.6 Å². The fraction of sp³-hybridized carbons (Fsp3) is 0.474. The predicted molar refractivity (Wildman–Crippen MR) is 94.0 cm³/mol. The van der Waals surface area contributed by atoms with Gasteiger partial charge in [0.15, 0.2) is 6.10 Å². The van der Waals surface area contributed by atoms with E-state index in [-0.39, 0.29) is 11.7 Å². The number of nitrogens with one attached hydrogen (secondary N) is 1. The Bertz CT molecular complexity index is 644. The quantitative estimate of drug-likeness (QED) is 0.605. The zero-order valence-corrected chi connectivity index (χ0v) is 15.6. The van der Waals surface area contributed by atoms with Crippen LogP contribution in [-0.4, -0.2) is 30.6 Å². The van der Waals surface area contributed by atoms with Crippen molar-refractivity contribution in [3.63, 3.8) is 0 Å². The third-order valence-corrected chi connectivity index (χ3v) is 3.63. The molecule has 138 valence electrons. The Morgan fingerprint density at radius 2 is 1.84 bits per heavy atom. The molecule has 1 rings (SSSR count). The van der Waals surface area contributed by atoms with E-state index in [0.717, 1.165) is 0 Å². The van der Waals surface area contributed by atoms with Crippen molar-refractivity contribution in [2.45, 2.75) is 52.7 Å². The Labute approximate surface area is 148 Å². The van der Waals surface area contributed by atoms with Crippen LogP contribution in [0.5, 0.6) is 5.75 Å². The van der Waals surface area contributed by atoms with E-state index in [1.54, 1.807) is 45.9 Å². The van der Waals surface area contributed by atoms with E-state index in [1.807, 2.05) is 6.92 Å². The molecule has 0 bridgehead atoms. The van der Waals surface area contributed by atoms with Crippen molar-refractivity contribution in [3.8, 4) is 5.75 Å². The summed E-state index contributed by atoms with van der Waals surface area (Å²) < 4.78 is 24.0. The Hall–Kier alpha value is -2.37. The number of esters is 1. The average Bonchev–Trinajstić information content (AvgIpc) is 2.54. The van der Waals surface area contributed by atoms with Crippen molar-refractivity contribution in [1.29, 1.82) is 0 Å². The largest absolute Gasteiger partial charge is 0.481 e. The zero-order valence-electron chi connectivity index (χ0n) is 15.6. The number of benzene rings is 1. The maximum absolute atomic E-state index is 13.7. The third-order valence-electron chi connectivity index (χ3n) is 3.63. The van der Waals surface area contributed by atoms with Gasteiger partial charge in [0.2, 0.25) is 0 Å². The Kier molecular flexibility index (Phi) is 7.15. The Balaban J connectivity index is 2.84. The highest BCUT2D eigenvalue weighted by Crippen LogP contribution is 2.22. The first kappa shape index (κ1) is 20.7. The lowest BCUT2D eigenvalue weighted by Gasteiger charge is -2.26. The molecule has 0 fully saturated rings. The van der Waals surface area contributed by atoms with E-state index >= 15 is 0 Å². The van der Waals surface area contributed by atoms with Crippen LogP contribution in [0, 0.1) is 19.7 Å². The molecule has 0 spiro atoms. The number of methoxy groups -OCH3 is 1. The summed E-state index contributed by atoms with van der Waals surface area (Å²) in [5.41, 5.74) is 0.176. The maximum Gasteiger partial charge on any atom is 0.330 e. The molecule has 0 aliphatic carbocycles. The molecule has 1 atom stereocenters. The van der Waals surface area contributed by atoms with Crippen molar-refractivity contribution in [3.05, 3.63) is 41.2 Å². The molecule has 1 aromatic rings. The standard InChI is InChI=1S/C19H26FNO4/c1-7-15(25-14-10-12(2)17(20)13(3)11-14)18(23)21-19(4,5)9-8-16(22)24-6/h8-11,15H,7H2,1-6H3,(H,21,23)/b9-8+. The molecule has 0 aromatic heterocycles. The summed E-state index contributed by atoms with van der Waals surface area (Å²) in [6.45, 7) is 8.63. The molecule has 0 heterocycles. The molecule has 1 unspecified atom stereocenters. The average molecular weight is 351 g/mol. The predicted octanol–water partition coefficient (Wildman–Crippen LogP) is 3.22. The Morgan fingerprint density at radius 1 is 1.28 bits per heavy atom. The van der Waals surface area contributed by atoms with Crippen molar-refractivity contribution in [2.24, 2.45) is 0 Å². The van der Waals surface area contributed by atoms with Crippen LogP contribution in [0.2, 0.25) is 0 Å². The van der Waals surface area contributed by atoms with Crippen LogP contribution in [-0.2, 0) is 14.3 Å². The highest BCUT2D eigenvalue weighted by Gasteiger charge is 2.25. The SMILES string of the molecule is CCC(Oc1cc(C)c(F)c(C)c1)C(=O)NC(C)(C)/C=C/C(=O)OC. The minimum Gasteiger partial charge on any atom is -0.481 e. The van der Waals surface area contributed by atoms with Gasteiger partial charge < -0.3 is 14.8 Å². The first-order valence-corrected chi connectivity index (χ1v) is 8.12. The van der Waals surface area contributed by atoms with Gasteiger partial charge in [0.25, 0.3) is 5.91 Å². The highest BCUT2D eigenvalue weighted by molar-refractivity contribution is 5.84. The third kappa shape index (κ3) is 6.21. The van der Waals surface area contributed by atoms with Crippen LogP contribution >= 0.6 is 0 Å². The molecule has 1 amide bonds. The maximum atomic E-state index is 13.7. The normalized spacial score (nSPS) is 12.8.